The zero-order valence-corrected chi connectivity index (χ0v) is 12.4. The van der Waals surface area contributed by atoms with Gasteiger partial charge in [-0.25, -0.2) is 9.59 Å². The highest BCUT2D eigenvalue weighted by Crippen LogP contribution is 2.23. The van der Waals surface area contributed by atoms with E-state index in [0.29, 0.717) is 24.8 Å². The molecular formula is C16H20O6. The summed E-state index contributed by atoms with van der Waals surface area (Å²) < 4.78 is 0. The van der Waals surface area contributed by atoms with Crippen LogP contribution in [0.3, 0.4) is 0 Å². The number of hydrogen-bond acceptors (Lipinski definition) is 3. The molecule has 3 N–H and O–H groups in total. The van der Waals surface area contributed by atoms with E-state index in [1.807, 2.05) is 6.92 Å². The van der Waals surface area contributed by atoms with Gasteiger partial charge in [0.05, 0.1) is 11.1 Å². The summed E-state index contributed by atoms with van der Waals surface area (Å²) in [5.74, 6) is -3.25. The van der Waals surface area contributed by atoms with Crippen molar-refractivity contribution in [2.45, 2.75) is 39.0 Å². The van der Waals surface area contributed by atoms with E-state index >= 15 is 0 Å². The van der Waals surface area contributed by atoms with Crippen molar-refractivity contribution in [1.82, 2.24) is 0 Å². The van der Waals surface area contributed by atoms with Gasteiger partial charge in [-0.05, 0) is 36.8 Å². The van der Waals surface area contributed by atoms with E-state index in [1.165, 1.54) is 12.1 Å². The summed E-state index contributed by atoms with van der Waals surface area (Å²) in [5.41, 5.74) is 0.0895. The average Bonchev–Trinajstić information content (AvgIpc) is 2.45. The molecule has 0 heterocycles. The molecule has 0 spiro atoms. The monoisotopic (exact) mass is 308 g/mol. The molecule has 0 radical (unpaired) electrons. The van der Waals surface area contributed by atoms with Gasteiger partial charge in [-0.3, -0.25) is 4.79 Å². The van der Waals surface area contributed by atoms with E-state index in [-0.39, 0.29) is 23.5 Å². The Bertz CT molecular complexity index is 564. The Morgan fingerprint density at radius 2 is 1.77 bits per heavy atom. The number of carboxylic acid groups (broad SMARTS) is 3. The fourth-order valence-corrected chi connectivity index (χ4v) is 2.50. The average molecular weight is 308 g/mol. The molecule has 22 heavy (non-hydrogen) atoms. The van der Waals surface area contributed by atoms with Crippen molar-refractivity contribution in [1.29, 1.82) is 0 Å². The maximum Gasteiger partial charge on any atom is 0.336 e. The van der Waals surface area contributed by atoms with Gasteiger partial charge >= 0.3 is 17.9 Å². The molecule has 1 atom stereocenters. The third-order valence-electron chi connectivity index (χ3n) is 3.68. The quantitative estimate of drug-likeness (QED) is 0.646. The summed E-state index contributed by atoms with van der Waals surface area (Å²) in [6.45, 7) is 1.95. The van der Waals surface area contributed by atoms with Gasteiger partial charge in [0.25, 0.3) is 0 Å². The minimum Gasteiger partial charge on any atom is -0.481 e. The van der Waals surface area contributed by atoms with E-state index in [1.54, 1.807) is 6.07 Å². The SMILES string of the molecule is CCC(CCCC(=O)O)Cc1cccc(C(=O)O)c1C(=O)O. The van der Waals surface area contributed by atoms with Crippen molar-refractivity contribution in [3.05, 3.63) is 34.9 Å². The molecule has 120 valence electrons. The highest BCUT2D eigenvalue weighted by atomic mass is 16.4. The zero-order chi connectivity index (χ0) is 16.7. The molecule has 1 rings (SSSR count). The lowest BCUT2D eigenvalue weighted by Gasteiger charge is -2.16. The fraction of sp³-hybridized carbons (Fsp3) is 0.438. The summed E-state index contributed by atoms with van der Waals surface area (Å²) in [4.78, 5) is 33.1. The van der Waals surface area contributed by atoms with Crippen LogP contribution in [0.25, 0.3) is 0 Å². The molecule has 0 aliphatic rings. The first kappa shape index (κ1) is 17.7. The number of hydrogen-bond donors (Lipinski definition) is 3. The first-order valence-electron chi connectivity index (χ1n) is 7.17. The summed E-state index contributed by atoms with van der Waals surface area (Å²) >= 11 is 0. The normalized spacial score (nSPS) is 11.9. The fourth-order valence-electron chi connectivity index (χ4n) is 2.50. The second-order valence-corrected chi connectivity index (χ2v) is 5.21. The maximum atomic E-state index is 11.4. The van der Waals surface area contributed by atoms with Crippen molar-refractivity contribution in [2.75, 3.05) is 0 Å². The van der Waals surface area contributed by atoms with E-state index < -0.39 is 17.9 Å². The Morgan fingerprint density at radius 1 is 1.09 bits per heavy atom. The van der Waals surface area contributed by atoms with Crippen LogP contribution in [0.4, 0.5) is 0 Å². The first-order valence-corrected chi connectivity index (χ1v) is 7.17. The predicted molar refractivity (Wildman–Crippen MR) is 79.3 cm³/mol. The lowest BCUT2D eigenvalue weighted by Crippen LogP contribution is -2.14. The van der Waals surface area contributed by atoms with Gasteiger partial charge in [0.15, 0.2) is 0 Å². The van der Waals surface area contributed by atoms with Crippen LogP contribution >= 0.6 is 0 Å². The smallest absolute Gasteiger partial charge is 0.336 e. The Morgan fingerprint density at radius 3 is 2.27 bits per heavy atom. The molecule has 1 aromatic rings. The Labute approximate surface area is 128 Å². The molecule has 0 aliphatic carbocycles. The third-order valence-corrected chi connectivity index (χ3v) is 3.68. The largest absolute Gasteiger partial charge is 0.481 e. The lowest BCUT2D eigenvalue weighted by molar-refractivity contribution is -0.137. The van der Waals surface area contributed by atoms with E-state index in [4.69, 9.17) is 10.2 Å². The molecule has 6 heteroatoms. The topological polar surface area (TPSA) is 112 Å². The van der Waals surface area contributed by atoms with Crippen LogP contribution in [0.2, 0.25) is 0 Å². The highest BCUT2D eigenvalue weighted by molar-refractivity contribution is 6.02. The van der Waals surface area contributed by atoms with Crippen LogP contribution in [-0.2, 0) is 11.2 Å². The van der Waals surface area contributed by atoms with Crippen molar-refractivity contribution >= 4 is 17.9 Å². The molecule has 6 nitrogen and oxygen atoms in total. The van der Waals surface area contributed by atoms with Gasteiger partial charge in [-0.2, -0.15) is 0 Å². The van der Waals surface area contributed by atoms with Crippen LogP contribution < -0.4 is 0 Å². The molecule has 0 bridgehead atoms. The van der Waals surface area contributed by atoms with Gasteiger partial charge in [0, 0.05) is 6.42 Å². The Balaban J connectivity index is 2.95. The van der Waals surface area contributed by atoms with Crippen molar-refractivity contribution in [3.8, 4) is 0 Å². The predicted octanol–water partition coefficient (Wildman–Crippen LogP) is 2.91. The van der Waals surface area contributed by atoms with E-state index in [2.05, 4.69) is 0 Å². The van der Waals surface area contributed by atoms with Gasteiger partial charge in [0.1, 0.15) is 0 Å². The number of benzene rings is 1. The standard InChI is InChI=1S/C16H20O6/c1-2-10(5-3-8-13(17)18)9-11-6-4-7-12(15(19)20)14(11)16(21)22/h4,6-7,10H,2-3,5,8-9H2,1H3,(H,17,18)(H,19,20)(H,21,22). The summed E-state index contributed by atoms with van der Waals surface area (Å²) in [6, 6.07) is 4.44. The zero-order valence-electron chi connectivity index (χ0n) is 12.4. The number of carboxylic acids is 3. The van der Waals surface area contributed by atoms with Crippen molar-refractivity contribution in [3.63, 3.8) is 0 Å². The van der Waals surface area contributed by atoms with Gasteiger partial charge < -0.3 is 15.3 Å². The highest BCUT2D eigenvalue weighted by Gasteiger charge is 2.21. The van der Waals surface area contributed by atoms with Crippen LogP contribution in [0.15, 0.2) is 18.2 Å². The number of rotatable bonds is 9. The number of aromatic carboxylic acids is 2. The van der Waals surface area contributed by atoms with Gasteiger partial charge in [-0.15, -0.1) is 0 Å². The second kappa shape index (κ2) is 8.17. The van der Waals surface area contributed by atoms with Crippen molar-refractivity contribution in [2.24, 2.45) is 5.92 Å². The van der Waals surface area contributed by atoms with Gasteiger partial charge in [0.2, 0.25) is 0 Å². The molecule has 1 aromatic carbocycles. The number of carbonyl (C=O) groups is 3. The molecule has 1 unspecified atom stereocenters. The summed E-state index contributed by atoms with van der Waals surface area (Å²) in [6.07, 6.45) is 2.47. The van der Waals surface area contributed by atoms with E-state index in [0.717, 1.165) is 6.42 Å². The van der Waals surface area contributed by atoms with Crippen LogP contribution in [0.5, 0.6) is 0 Å². The molecule has 0 saturated carbocycles. The maximum absolute atomic E-state index is 11.4. The molecule has 0 saturated heterocycles. The lowest BCUT2D eigenvalue weighted by atomic mass is 9.88. The molecular weight excluding hydrogens is 288 g/mol. The Hall–Kier alpha value is -2.37. The summed E-state index contributed by atoms with van der Waals surface area (Å²) in [7, 11) is 0. The second-order valence-electron chi connectivity index (χ2n) is 5.21. The molecule has 0 fully saturated rings. The molecule has 0 aromatic heterocycles. The van der Waals surface area contributed by atoms with Gasteiger partial charge in [-0.1, -0.05) is 25.5 Å². The Kier molecular flexibility index (Phi) is 6.56. The molecule has 0 amide bonds. The van der Waals surface area contributed by atoms with Crippen molar-refractivity contribution < 1.29 is 29.7 Å². The van der Waals surface area contributed by atoms with E-state index in [9.17, 15) is 19.5 Å². The van der Waals surface area contributed by atoms with Crippen LogP contribution in [0.1, 0.15) is 58.9 Å². The van der Waals surface area contributed by atoms with Crippen LogP contribution in [-0.4, -0.2) is 33.2 Å². The summed E-state index contributed by atoms with van der Waals surface area (Å²) in [5, 5.41) is 27.1. The van der Waals surface area contributed by atoms with Crippen LogP contribution in [0, 0.1) is 5.92 Å². The minimum absolute atomic E-state index is 0.0808. The minimum atomic E-state index is -1.27. The number of aliphatic carboxylic acids is 1. The first-order chi connectivity index (χ1) is 10.4. The third kappa shape index (κ3) is 4.87. The molecule has 0 aliphatic heterocycles.